The summed E-state index contributed by atoms with van der Waals surface area (Å²) in [5.74, 6) is -2.57. The molecule has 0 fully saturated rings. The average Bonchev–Trinajstić information content (AvgIpc) is 2.78. The third-order valence-electron chi connectivity index (χ3n) is 4.66. The molecular formula is C21H19N3O6S. The van der Waals surface area contributed by atoms with Crippen LogP contribution in [0.15, 0.2) is 57.2 Å². The molecule has 0 saturated heterocycles. The Kier molecular flexibility index (Phi) is 6.36. The molecule has 2 N–H and O–H groups in total. The molecule has 1 aromatic carbocycles. The van der Waals surface area contributed by atoms with Crippen molar-refractivity contribution in [2.45, 2.75) is 12.8 Å². The number of methoxy groups -OCH3 is 2. The number of benzene rings is 1. The van der Waals surface area contributed by atoms with Gasteiger partial charge in [-0.1, -0.05) is 23.9 Å². The number of ether oxygens (including phenoxy) is 3. The number of thioether (sulfide) groups is 1. The quantitative estimate of drug-likeness (QED) is 0.680. The Balaban J connectivity index is 2.28. The number of carbonyl (C=O) groups is 3. The number of fused-ring (bicyclic) bond motifs is 1. The van der Waals surface area contributed by atoms with Crippen LogP contribution in [0.1, 0.15) is 18.4 Å². The summed E-state index contributed by atoms with van der Waals surface area (Å²) in [6.07, 6.45) is 1.05. The van der Waals surface area contributed by atoms with Gasteiger partial charge in [-0.3, -0.25) is 9.69 Å². The Hall–Kier alpha value is -3.71. The summed E-state index contributed by atoms with van der Waals surface area (Å²) in [6, 6.07) is 8.76. The van der Waals surface area contributed by atoms with Gasteiger partial charge in [-0.2, -0.15) is 5.26 Å². The fraction of sp³-hybridized carbons (Fsp3) is 0.238. The molecule has 3 rings (SSSR count). The smallest absolute Gasteiger partial charge is 0.344 e. The molecule has 0 aliphatic carbocycles. The summed E-state index contributed by atoms with van der Waals surface area (Å²) >= 11 is 0.859. The topological polar surface area (TPSA) is 132 Å². The van der Waals surface area contributed by atoms with Crippen LogP contribution in [0.5, 0.6) is 5.75 Å². The molecule has 160 valence electrons. The minimum absolute atomic E-state index is 0.0118. The number of allylic oxidation sites excluding steroid dienone is 1. The van der Waals surface area contributed by atoms with Crippen LogP contribution in [0.25, 0.3) is 0 Å². The minimum atomic E-state index is -0.904. The molecule has 2 aliphatic rings. The Morgan fingerprint density at radius 3 is 2.45 bits per heavy atom. The standard InChI is InChI=1S/C21H19N3O6S/c1-4-30-21(27)17-16(11-5-7-12(28-2)8-6-11)13(10-22)18(23)24-15(25)9-14(20(26)29-3)31-19(17)24/h5-9,16H,4,23H2,1-3H3. The van der Waals surface area contributed by atoms with Gasteiger partial charge < -0.3 is 19.9 Å². The van der Waals surface area contributed by atoms with E-state index in [9.17, 15) is 19.6 Å². The fourth-order valence-electron chi connectivity index (χ4n) is 3.26. The zero-order valence-electron chi connectivity index (χ0n) is 17.0. The molecule has 1 unspecified atom stereocenters. The molecule has 31 heavy (non-hydrogen) atoms. The van der Waals surface area contributed by atoms with E-state index in [0.29, 0.717) is 11.3 Å². The van der Waals surface area contributed by atoms with Crippen molar-refractivity contribution in [2.75, 3.05) is 20.8 Å². The Bertz CT molecular complexity index is 1080. The molecule has 1 atom stereocenters. The molecule has 0 spiro atoms. The van der Waals surface area contributed by atoms with Crippen molar-refractivity contribution in [1.29, 1.82) is 5.26 Å². The van der Waals surface area contributed by atoms with Gasteiger partial charge in [0.15, 0.2) is 0 Å². The van der Waals surface area contributed by atoms with Gasteiger partial charge in [-0.05, 0) is 24.6 Å². The summed E-state index contributed by atoms with van der Waals surface area (Å²) in [5, 5.41) is 9.96. The molecular weight excluding hydrogens is 422 g/mol. The van der Waals surface area contributed by atoms with Crippen LogP contribution in [-0.2, 0) is 23.9 Å². The van der Waals surface area contributed by atoms with Gasteiger partial charge in [0.1, 0.15) is 21.5 Å². The number of amides is 1. The van der Waals surface area contributed by atoms with Crippen molar-refractivity contribution >= 4 is 29.6 Å². The molecule has 9 nitrogen and oxygen atoms in total. The lowest BCUT2D eigenvalue weighted by Crippen LogP contribution is -2.41. The van der Waals surface area contributed by atoms with Gasteiger partial charge in [0, 0.05) is 6.08 Å². The lowest BCUT2D eigenvalue weighted by molar-refractivity contribution is -0.139. The first-order valence-corrected chi connectivity index (χ1v) is 9.96. The van der Waals surface area contributed by atoms with Crippen LogP contribution < -0.4 is 10.5 Å². The highest BCUT2D eigenvalue weighted by molar-refractivity contribution is 8.07. The van der Waals surface area contributed by atoms with E-state index in [1.165, 1.54) is 14.2 Å². The van der Waals surface area contributed by atoms with Crippen LogP contribution in [0.4, 0.5) is 0 Å². The third-order valence-corrected chi connectivity index (χ3v) is 5.76. The molecule has 2 aliphatic heterocycles. The van der Waals surface area contributed by atoms with Crippen molar-refractivity contribution in [2.24, 2.45) is 5.73 Å². The van der Waals surface area contributed by atoms with Gasteiger partial charge >= 0.3 is 11.9 Å². The summed E-state index contributed by atoms with van der Waals surface area (Å²) in [5.41, 5.74) is 6.82. The predicted octanol–water partition coefficient (Wildman–Crippen LogP) is 1.89. The first kappa shape index (κ1) is 22.0. The zero-order chi connectivity index (χ0) is 22.7. The highest BCUT2D eigenvalue weighted by atomic mass is 32.2. The maximum Gasteiger partial charge on any atom is 0.344 e. The van der Waals surface area contributed by atoms with E-state index in [2.05, 4.69) is 0 Å². The molecule has 1 amide bonds. The normalized spacial score (nSPS) is 18.1. The first-order chi connectivity index (χ1) is 14.9. The SMILES string of the molecule is CCOC(=O)C1=C2SC(C(=O)OC)=CC(=O)N2C(N)=C(C#N)C1c1ccc(OC)cc1. The number of esters is 2. The van der Waals surface area contributed by atoms with E-state index in [0.717, 1.165) is 22.7 Å². The van der Waals surface area contributed by atoms with E-state index in [1.807, 2.05) is 6.07 Å². The molecule has 0 radical (unpaired) electrons. The fourth-order valence-corrected chi connectivity index (χ4v) is 4.39. The summed E-state index contributed by atoms with van der Waals surface area (Å²) in [4.78, 5) is 38.9. The first-order valence-electron chi connectivity index (χ1n) is 9.14. The molecule has 0 aromatic heterocycles. The van der Waals surface area contributed by atoms with Gasteiger partial charge in [-0.25, -0.2) is 9.59 Å². The van der Waals surface area contributed by atoms with Crippen molar-refractivity contribution < 1.29 is 28.6 Å². The van der Waals surface area contributed by atoms with E-state index >= 15 is 0 Å². The molecule has 2 heterocycles. The monoisotopic (exact) mass is 441 g/mol. The Morgan fingerprint density at radius 2 is 1.90 bits per heavy atom. The van der Waals surface area contributed by atoms with E-state index in [4.69, 9.17) is 19.9 Å². The lowest BCUT2D eigenvalue weighted by Gasteiger charge is -2.36. The number of hydrogen-bond donors (Lipinski definition) is 1. The van der Waals surface area contributed by atoms with Gasteiger partial charge in [0.2, 0.25) is 0 Å². The van der Waals surface area contributed by atoms with Crippen molar-refractivity contribution in [3.63, 3.8) is 0 Å². The highest BCUT2D eigenvalue weighted by Crippen LogP contribution is 2.48. The average molecular weight is 441 g/mol. The summed E-state index contributed by atoms with van der Waals surface area (Å²) in [7, 11) is 2.70. The van der Waals surface area contributed by atoms with E-state index in [1.54, 1.807) is 31.2 Å². The maximum absolute atomic E-state index is 13.0. The maximum atomic E-state index is 13.0. The second kappa shape index (κ2) is 8.97. The summed E-state index contributed by atoms with van der Waals surface area (Å²) in [6.45, 7) is 1.71. The number of nitrogens with two attached hydrogens (primary N) is 1. The molecule has 1 aromatic rings. The largest absolute Gasteiger partial charge is 0.497 e. The van der Waals surface area contributed by atoms with Crippen LogP contribution in [0.3, 0.4) is 0 Å². The Labute approximate surface area is 182 Å². The van der Waals surface area contributed by atoms with Gasteiger partial charge in [0.25, 0.3) is 5.91 Å². The van der Waals surface area contributed by atoms with Crippen LogP contribution in [0, 0.1) is 11.3 Å². The number of rotatable bonds is 5. The van der Waals surface area contributed by atoms with E-state index in [-0.39, 0.29) is 33.5 Å². The van der Waals surface area contributed by atoms with Crippen LogP contribution in [0.2, 0.25) is 0 Å². The number of nitriles is 1. The van der Waals surface area contributed by atoms with E-state index < -0.39 is 23.8 Å². The summed E-state index contributed by atoms with van der Waals surface area (Å²) < 4.78 is 15.1. The van der Waals surface area contributed by atoms with Gasteiger partial charge in [0.05, 0.1) is 44.0 Å². The molecule has 10 heteroatoms. The Morgan fingerprint density at radius 1 is 1.23 bits per heavy atom. The van der Waals surface area contributed by atoms with Crippen LogP contribution in [-0.4, -0.2) is 43.6 Å². The highest BCUT2D eigenvalue weighted by Gasteiger charge is 2.44. The minimum Gasteiger partial charge on any atom is -0.497 e. The zero-order valence-corrected chi connectivity index (χ0v) is 17.8. The van der Waals surface area contributed by atoms with Crippen LogP contribution >= 0.6 is 11.8 Å². The van der Waals surface area contributed by atoms with Gasteiger partial charge in [-0.15, -0.1) is 0 Å². The second-order valence-electron chi connectivity index (χ2n) is 6.33. The third kappa shape index (κ3) is 3.87. The second-order valence-corrected chi connectivity index (χ2v) is 7.36. The lowest BCUT2D eigenvalue weighted by atomic mass is 9.83. The molecule has 0 bridgehead atoms. The predicted molar refractivity (Wildman–Crippen MR) is 111 cm³/mol. The number of nitrogens with zero attached hydrogens (tertiary/aromatic N) is 2. The molecule has 0 saturated carbocycles. The van der Waals surface area contributed by atoms with Crippen molar-refractivity contribution in [3.05, 3.63) is 62.8 Å². The van der Waals surface area contributed by atoms with Crippen molar-refractivity contribution in [1.82, 2.24) is 4.90 Å². The number of carbonyl (C=O) groups excluding carboxylic acids is 3. The number of hydrogen-bond acceptors (Lipinski definition) is 9. The van der Waals surface area contributed by atoms with Crippen molar-refractivity contribution in [3.8, 4) is 11.8 Å².